The molecule has 0 aliphatic rings. The molecule has 0 radical (unpaired) electrons. The molecule has 0 atom stereocenters. The number of nitrogens with one attached hydrogen (secondary N) is 1. The van der Waals surface area contributed by atoms with Crippen molar-refractivity contribution in [3.63, 3.8) is 0 Å². The van der Waals surface area contributed by atoms with Crippen LogP contribution in [0.15, 0.2) is 46.3 Å². The Kier molecular flexibility index (Phi) is 3.22. The molecular weight excluding hydrogens is 258 g/mol. The fourth-order valence-electron chi connectivity index (χ4n) is 1.17. The molecule has 1 N–H and O–H groups in total. The smallest absolute Gasteiger partial charge is 0.0885 e. The van der Waals surface area contributed by atoms with Crippen molar-refractivity contribution in [2.24, 2.45) is 0 Å². The maximum atomic E-state index is 3.42. The number of anilines is 1. The minimum atomic E-state index is 0.883. The molecule has 0 amide bonds. The molecule has 2 rings (SSSR count). The van der Waals surface area contributed by atoms with E-state index in [2.05, 4.69) is 63.0 Å². The van der Waals surface area contributed by atoms with Gasteiger partial charge in [-0.1, -0.05) is 28.1 Å². The number of hydrogen-bond donors (Lipinski definition) is 1. The molecule has 0 bridgehead atoms. The summed E-state index contributed by atoms with van der Waals surface area (Å²) in [7, 11) is 0. The Morgan fingerprint density at radius 1 is 1.14 bits per heavy atom. The summed E-state index contributed by atoms with van der Waals surface area (Å²) >= 11 is 5.14. The van der Waals surface area contributed by atoms with Gasteiger partial charge in [0.25, 0.3) is 0 Å². The molecule has 14 heavy (non-hydrogen) atoms. The molecule has 1 aromatic heterocycles. The number of rotatable bonds is 3. The summed E-state index contributed by atoms with van der Waals surface area (Å²) in [6, 6.07) is 12.5. The Balaban J connectivity index is 1.95. The van der Waals surface area contributed by atoms with E-state index >= 15 is 0 Å². The number of benzene rings is 1. The van der Waals surface area contributed by atoms with Gasteiger partial charge in [-0.15, -0.1) is 11.3 Å². The number of hydrogen-bond acceptors (Lipinski definition) is 2. The predicted molar refractivity (Wildman–Crippen MR) is 65.8 cm³/mol. The second-order valence-electron chi connectivity index (χ2n) is 2.96. The summed E-state index contributed by atoms with van der Waals surface area (Å²) < 4.78 is 1.12. The van der Waals surface area contributed by atoms with Gasteiger partial charge >= 0.3 is 0 Å². The van der Waals surface area contributed by atoms with Crippen LogP contribution in [0.25, 0.3) is 0 Å². The first-order valence-corrected chi connectivity index (χ1v) is 6.04. The molecule has 1 aromatic carbocycles. The summed E-state index contributed by atoms with van der Waals surface area (Å²) in [5.74, 6) is 0. The van der Waals surface area contributed by atoms with Crippen LogP contribution in [0, 0.1) is 0 Å². The van der Waals surface area contributed by atoms with Crippen molar-refractivity contribution in [1.29, 1.82) is 0 Å². The summed E-state index contributed by atoms with van der Waals surface area (Å²) in [5, 5.41) is 6.65. The fraction of sp³-hybridized carbons (Fsp3) is 0.0909. The molecule has 0 aliphatic carbocycles. The summed E-state index contributed by atoms with van der Waals surface area (Å²) in [6.07, 6.45) is 0. The van der Waals surface area contributed by atoms with Crippen LogP contribution in [0.4, 0.5) is 5.00 Å². The lowest BCUT2D eigenvalue weighted by atomic mass is 10.2. The van der Waals surface area contributed by atoms with Gasteiger partial charge < -0.3 is 5.32 Å². The zero-order valence-electron chi connectivity index (χ0n) is 7.53. The third-order valence-corrected chi connectivity index (χ3v) is 3.26. The van der Waals surface area contributed by atoms with Crippen LogP contribution in [0.3, 0.4) is 0 Å². The summed E-state index contributed by atoms with van der Waals surface area (Å²) in [5.41, 5.74) is 1.29. The molecule has 0 aliphatic heterocycles. The van der Waals surface area contributed by atoms with E-state index in [0.29, 0.717) is 0 Å². The number of thiophene rings is 1. The molecule has 0 unspecified atom stereocenters. The lowest BCUT2D eigenvalue weighted by Gasteiger charge is -2.03. The molecular formula is C11H10BrNS. The second-order valence-corrected chi connectivity index (χ2v) is 4.82. The van der Waals surface area contributed by atoms with Gasteiger partial charge in [-0.25, -0.2) is 0 Å². The Labute approximate surface area is 95.9 Å². The van der Waals surface area contributed by atoms with Crippen LogP contribution in [0.1, 0.15) is 5.56 Å². The topological polar surface area (TPSA) is 12.0 Å². The van der Waals surface area contributed by atoms with Crippen LogP contribution in [0.5, 0.6) is 0 Å². The molecule has 2 aromatic rings. The lowest BCUT2D eigenvalue weighted by Crippen LogP contribution is -1.96. The molecule has 1 nitrogen and oxygen atoms in total. The average Bonchev–Trinajstić information content (AvgIpc) is 2.70. The van der Waals surface area contributed by atoms with Crippen LogP contribution in [-0.2, 0) is 6.54 Å². The predicted octanol–water partition coefficient (Wildman–Crippen LogP) is 4.12. The van der Waals surface area contributed by atoms with Crippen molar-refractivity contribution in [2.45, 2.75) is 6.54 Å². The average molecular weight is 268 g/mol. The Hall–Kier alpha value is -0.800. The van der Waals surface area contributed by atoms with Gasteiger partial charge in [0, 0.05) is 11.0 Å². The van der Waals surface area contributed by atoms with E-state index in [1.54, 1.807) is 11.3 Å². The fourth-order valence-corrected chi connectivity index (χ4v) is 2.05. The van der Waals surface area contributed by atoms with Gasteiger partial charge in [0.05, 0.1) is 5.00 Å². The molecule has 0 saturated heterocycles. The zero-order valence-corrected chi connectivity index (χ0v) is 9.94. The van der Waals surface area contributed by atoms with E-state index in [0.717, 1.165) is 11.0 Å². The van der Waals surface area contributed by atoms with E-state index in [9.17, 15) is 0 Å². The first kappa shape index (κ1) is 9.74. The first-order chi connectivity index (χ1) is 6.84. The molecule has 3 heteroatoms. The Morgan fingerprint density at radius 2 is 1.93 bits per heavy atom. The largest absolute Gasteiger partial charge is 0.373 e. The SMILES string of the molecule is Brc1ccc(CNc2cccs2)cc1. The van der Waals surface area contributed by atoms with Gasteiger partial charge in [0.15, 0.2) is 0 Å². The van der Waals surface area contributed by atoms with Crippen molar-refractivity contribution in [2.75, 3.05) is 5.32 Å². The van der Waals surface area contributed by atoms with Crippen LogP contribution in [0.2, 0.25) is 0 Å². The highest BCUT2D eigenvalue weighted by Gasteiger charge is 1.94. The van der Waals surface area contributed by atoms with Gasteiger partial charge in [0.1, 0.15) is 0 Å². The van der Waals surface area contributed by atoms with Crippen molar-refractivity contribution >= 4 is 32.3 Å². The van der Waals surface area contributed by atoms with Crippen molar-refractivity contribution < 1.29 is 0 Å². The van der Waals surface area contributed by atoms with Gasteiger partial charge in [-0.2, -0.15) is 0 Å². The van der Waals surface area contributed by atoms with Gasteiger partial charge in [0.2, 0.25) is 0 Å². The highest BCUT2D eigenvalue weighted by atomic mass is 79.9. The Bertz CT molecular complexity index is 380. The monoisotopic (exact) mass is 267 g/mol. The highest BCUT2D eigenvalue weighted by Crippen LogP contribution is 2.17. The first-order valence-electron chi connectivity index (χ1n) is 4.36. The second kappa shape index (κ2) is 4.62. The zero-order chi connectivity index (χ0) is 9.80. The third-order valence-electron chi connectivity index (χ3n) is 1.90. The van der Waals surface area contributed by atoms with Gasteiger partial charge in [-0.3, -0.25) is 0 Å². The minimum Gasteiger partial charge on any atom is -0.373 e. The quantitative estimate of drug-likeness (QED) is 0.882. The van der Waals surface area contributed by atoms with E-state index in [4.69, 9.17) is 0 Å². The van der Waals surface area contributed by atoms with E-state index < -0.39 is 0 Å². The molecule has 0 fully saturated rings. The van der Waals surface area contributed by atoms with Crippen molar-refractivity contribution in [3.8, 4) is 0 Å². The van der Waals surface area contributed by atoms with Crippen molar-refractivity contribution in [3.05, 3.63) is 51.8 Å². The summed E-state index contributed by atoms with van der Waals surface area (Å²) in [6.45, 7) is 0.883. The summed E-state index contributed by atoms with van der Waals surface area (Å²) in [4.78, 5) is 0. The van der Waals surface area contributed by atoms with E-state index in [-0.39, 0.29) is 0 Å². The van der Waals surface area contributed by atoms with Crippen LogP contribution in [-0.4, -0.2) is 0 Å². The van der Waals surface area contributed by atoms with E-state index in [1.165, 1.54) is 10.6 Å². The van der Waals surface area contributed by atoms with Gasteiger partial charge in [-0.05, 0) is 35.2 Å². The Morgan fingerprint density at radius 3 is 2.57 bits per heavy atom. The standard InChI is InChI=1S/C11H10BrNS/c12-10-5-3-9(4-6-10)8-13-11-2-1-7-14-11/h1-7,13H,8H2. The maximum absolute atomic E-state index is 3.42. The van der Waals surface area contributed by atoms with Crippen molar-refractivity contribution in [1.82, 2.24) is 0 Å². The molecule has 0 saturated carbocycles. The lowest BCUT2D eigenvalue weighted by molar-refractivity contribution is 1.16. The number of halogens is 1. The normalized spacial score (nSPS) is 10.1. The maximum Gasteiger partial charge on any atom is 0.0885 e. The highest BCUT2D eigenvalue weighted by molar-refractivity contribution is 9.10. The molecule has 0 spiro atoms. The third kappa shape index (κ3) is 2.59. The molecule has 1 heterocycles. The van der Waals surface area contributed by atoms with Crippen LogP contribution >= 0.6 is 27.3 Å². The van der Waals surface area contributed by atoms with E-state index in [1.807, 2.05) is 0 Å². The molecule has 72 valence electrons. The van der Waals surface area contributed by atoms with Crippen LogP contribution < -0.4 is 5.32 Å². The minimum absolute atomic E-state index is 0.883.